The molecule has 1 aromatic heterocycles. The Bertz CT molecular complexity index is 502. The van der Waals surface area contributed by atoms with E-state index in [0.29, 0.717) is 17.3 Å². The summed E-state index contributed by atoms with van der Waals surface area (Å²) in [6, 6.07) is 3.29. The van der Waals surface area contributed by atoms with E-state index in [0.717, 1.165) is 18.8 Å². The number of carboxylic acids is 1. The van der Waals surface area contributed by atoms with E-state index in [9.17, 15) is 9.90 Å². The van der Waals surface area contributed by atoms with E-state index in [1.54, 1.807) is 12.1 Å². The summed E-state index contributed by atoms with van der Waals surface area (Å²) in [5.74, 6) is 0.582. The van der Waals surface area contributed by atoms with Crippen molar-refractivity contribution < 1.29 is 9.90 Å². The summed E-state index contributed by atoms with van der Waals surface area (Å²) in [6.45, 7) is 7.14. The summed E-state index contributed by atoms with van der Waals surface area (Å²) in [4.78, 5) is 18.1. The number of pyridine rings is 1. The fourth-order valence-electron chi connectivity index (χ4n) is 2.75. The molecule has 1 unspecified atom stereocenters. The number of carboxylic acid groups (broad SMARTS) is 1. The molecule has 0 aliphatic carbocycles. The molecule has 2 rings (SSSR count). The number of nitrogens with one attached hydrogen (secondary N) is 1. The van der Waals surface area contributed by atoms with Crippen molar-refractivity contribution in [3.63, 3.8) is 0 Å². The lowest BCUT2D eigenvalue weighted by molar-refractivity contribution is 0.0696. The Morgan fingerprint density at radius 3 is 2.90 bits per heavy atom. The van der Waals surface area contributed by atoms with Crippen LogP contribution in [0, 0.1) is 5.92 Å². The molecule has 1 atom stereocenters. The minimum atomic E-state index is -0.903. The number of hydrogen-bond acceptors (Lipinski definition) is 4. The van der Waals surface area contributed by atoms with Crippen LogP contribution >= 0.6 is 0 Å². The van der Waals surface area contributed by atoms with Gasteiger partial charge in [0.1, 0.15) is 5.82 Å². The summed E-state index contributed by atoms with van der Waals surface area (Å²) in [5, 5.41) is 12.5. The Balaban J connectivity index is 2.06. The van der Waals surface area contributed by atoms with Gasteiger partial charge in [-0.25, -0.2) is 9.78 Å². The minimum absolute atomic E-state index is 0.214. The SMILES string of the molecule is CC(C)c1cc(C(=O)O)cc(NCC2CCCN(C)C2)n1. The Kier molecular flexibility index (Phi) is 5.17. The second-order valence-corrected chi connectivity index (χ2v) is 6.28. The quantitative estimate of drug-likeness (QED) is 0.873. The molecule has 5 nitrogen and oxygen atoms in total. The van der Waals surface area contributed by atoms with Crippen LogP contribution in [0.4, 0.5) is 5.82 Å². The van der Waals surface area contributed by atoms with Crippen molar-refractivity contribution >= 4 is 11.8 Å². The number of anilines is 1. The second kappa shape index (κ2) is 6.89. The molecule has 1 saturated heterocycles. The topological polar surface area (TPSA) is 65.5 Å². The maximum absolute atomic E-state index is 11.2. The first kappa shape index (κ1) is 15.8. The van der Waals surface area contributed by atoms with Crippen molar-refractivity contribution in [1.82, 2.24) is 9.88 Å². The first-order valence-electron chi connectivity index (χ1n) is 7.63. The van der Waals surface area contributed by atoms with Gasteiger partial charge in [-0.1, -0.05) is 13.8 Å². The molecule has 2 N–H and O–H groups in total. The third-order valence-electron chi connectivity index (χ3n) is 3.98. The van der Waals surface area contributed by atoms with E-state index in [4.69, 9.17) is 0 Å². The number of hydrogen-bond donors (Lipinski definition) is 2. The lowest BCUT2D eigenvalue weighted by Gasteiger charge is -2.29. The number of carbonyl (C=O) groups is 1. The van der Waals surface area contributed by atoms with Gasteiger partial charge in [0.05, 0.1) is 5.56 Å². The highest BCUT2D eigenvalue weighted by atomic mass is 16.4. The van der Waals surface area contributed by atoms with Gasteiger partial charge in [-0.2, -0.15) is 0 Å². The zero-order chi connectivity index (χ0) is 15.4. The molecule has 0 aromatic carbocycles. The highest BCUT2D eigenvalue weighted by Crippen LogP contribution is 2.20. The molecule has 0 bridgehead atoms. The Morgan fingerprint density at radius 2 is 2.29 bits per heavy atom. The van der Waals surface area contributed by atoms with Gasteiger partial charge in [-0.05, 0) is 50.4 Å². The van der Waals surface area contributed by atoms with Gasteiger partial charge in [0.2, 0.25) is 0 Å². The normalized spacial score (nSPS) is 19.7. The summed E-state index contributed by atoms with van der Waals surface area (Å²) >= 11 is 0. The van der Waals surface area contributed by atoms with Crippen LogP contribution in [0.3, 0.4) is 0 Å². The number of nitrogens with zero attached hydrogens (tertiary/aromatic N) is 2. The predicted molar refractivity (Wildman–Crippen MR) is 84.0 cm³/mol. The molecular weight excluding hydrogens is 266 g/mol. The Morgan fingerprint density at radius 1 is 1.52 bits per heavy atom. The van der Waals surface area contributed by atoms with Crippen molar-refractivity contribution in [3.8, 4) is 0 Å². The van der Waals surface area contributed by atoms with E-state index >= 15 is 0 Å². The fraction of sp³-hybridized carbons (Fsp3) is 0.625. The van der Waals surface area contributed by atoms with Crippen molar-refractivity contribution in [1.29, 1.82) is 0 Å². The van der Waals surface area contributed by atoms with Gasteiger partial charge in [0, 0.05) is 18.8 Å². The van der Waals surface area contributed by atoms with Crippen LogP contribution in [0.1, 0.15) is 48.7 Å². The van der Waals surface area contributed by atoms with Gasteiger partial charge in [-0.15, -0.1) is 0 Å². The molecule has 5 heteroatoms. The molecule has 21 heavy (non-hydrogen) atoms. The molecule has 0 amide bonds. The van der Waals surface area contributed by atoms with Gasteiger partial charge in [0.15, 0.2) is 0 Å². The molecule has 0 spiro atoms. The van der Waals surface area contributed by atoms with Gasteiger partial charge >= 0.3 is 5.97 Å². The maximum atomic E-state index is 11.2. The minimum Gasteiger partial charge on any atom is -0.478 e. The van der Waals surface area contributed by atoms with E-state index in [2.05, 4.69) is 22.2 Å². The van der Waals surface area contributed by atoms with Crippen molar-refractivity contribution in [3.05, 3.63) is 23.4 Å². The van der Waals surface area contributed by atoms with Gasteiger partial charge in [-0.3, -0.25) is 0 Å². The van der Waals surface area contributed by atoms with Gasteiger partial charge in [0.25, 0.3) is 0 Å². The Labute approximate surface area is 126 Å². The average molecular weight is 291 g/mol. The van der Waals surface area contributed by atoms with Crippen LogP contribution in [0.5, 0.6) is 0 Å². The van der Waals surface area contributed by atoms with Crippen molar-refractivity contribution in [2.24, 2.45) is 5.92 Å². The van der Waals surface area contributed by atoms with Crippen molar-refractivity contribution in [2.75, 3.05) is 32.0 Å². The zero-order valence-electron chi connectivity index (χ0n) is 13.1. The van der Waals surface area contributed by atoms with E-state index in [1.165, 1.54) is 19.4 Å². The molecule has 0 saturated carbocycles. The summed E-state index contributed by atoms with van der Waals surface area (Å²) < 4.78 is 0. The standard InChI is InChI=1S/C16H25N3O2/c1-11(2)14-7-13(16(20)21)8-15(18-14)17-9-12-5-4-6-19(3)10-12/h7-8,11-12H,4-6,9-10H2,1-3H3,(H,17,18)(H,20,21). The molecule has 1 aromatic rings. The molecule has 1 fully saturated rings. The van der Waals surface area contributed by atoms with Gasteiger partial charge < -0.3 is 15.3 Å². The lowest BCUT2D eigenvalue weighted by Crippen LogP contribution is -2.35. The molecule has 116 valence electrons. The van der Waals surface area contributed by atoms with E-state index in [-0.39, 0.29) is 5.92 Å². The predicted octanol–water partition coefficient (Wildman–Crippen LogP) is 2.66. The first-order chi connectivity index (χ1) is 9.95. The molecule has 2 heterocycles. The zero-order valence-corrected chi connectivity index (χ0v) is 13.1. The number of aromatic carboxylic acids is 1. The molecule has 1 aliphatic rings. The fourth-order valence-corrected chi connectivity index (χ4v) is 2.75. The molecule has 0 radical (unpaired) electrons. The lowest BCUT2D eigenvalue weighted by atomic mass is 9.98. The molecular formula is C16H25N3O2. The number of likely N-dealkylation sites (tertiary alicyclic amines) is 1. The van der Waals surface area contributed by atoms with E-state index < -0.39 is 5.97 Å². The average Bonchev–Trinajstić information content (AvgIpc) is 2.45. The summed E-state index contributed by atoms with van der Waals surface area (Å²) in [7, 11) is 2.15. The highest BCUT2D eigenvalue weighted by molar-refractivity contribution is 5.88. The highest BCUT2D eigenvalue weighted by Gasteiger charge is 2.17. The third-order valence-corrected chi connectivity index (χ3v) is 3.98. The molecule has 1 aliphatic heterocycles. The monoisotopic (exact) mass is 291 g/mol. The summed E-state index contributed by atoms with van der Waals surface area (Å²) in [5.41, 5.74) is 1.12. The van der Waals surface area contributed by atoms with E-state index in [1.807, 2.05) is 13.8 Å². The number of rotatable bonds is 5. The van der Waals surface area contributed by atoms with Crippen LogP contribution in [-0.4, -0.2) is 47.6 Å². The van der Waals surface area contributed by atoms with Crippen LogP contribution in [0.25, 0.3) is 0 Å². The largest absolute Gasteiger partial charge is 0.478 e. The smallest absolute Gasteiger partial charge is 0.335 e. The van der Waals surface area contributed by atoms with Crippen molar-refractivity contribution in [2.45, 2.75) is 32.6 Å². The summed E-state index contributed by atoms with van der Waals surface area (Å²) in [6.07, 6.45) is 2.44. The maximum Gasteiger partial charge on any atom is 0.335 e. The second-order valence-electron chi connectivity index (χ2n) is 6.28. The van der Waals surface area contributed by atoms with Crippen LogP contribution in [0.15, 0.2) is 12.1 Å². The van der Waals surface area contributed by atoms with Crippen LogP contribution < -0.4 is 5.32 Å². The Hall–Kier alpha value is -1.62. The van der Waals surface area contributed by atoms with Crippen LogP contribution in [-0.2, 0) is 0 Å². The number of piperidine rings is 1. The third kappa shape index (κ3) is 4.43. The van der Waals surface area contributed by atoms with Crippen LogP contribution in [0.2, 0.25) is 0 Å². The number of aromatic nitrogens is 1. The first-order valence-corrected chi connectivity index (χ1v) is 7.63.